The highest BCUT2D eigenvalue weighted by Gasteiger charge is 2.40. The van der Waals surface area contributed by atoms with Crippen LogP contribution in [0.3, 0.4) is 0 Å². The molecule has 234 valence electrons. The van der Waals surface area contributed by atoms with Crippen LogP contribution in [-0.4, -0.2) is 77.4 Å². The minimum Gasteiger partial charge on any atom is -0.417 e. The fraction of sp³-hybridized carbons (Fsp3) is 0.594. The fourth-order valence-electron chi connectivity index (χ4n) is 6.11. The number of fused-ring (bicyclic) bond motifs is 2. The molecule has 43 heavy (non-hydrogen) atoms. The predicted octanol–water partition coefficient (Wildman–Crippen LogP) is 2.29. The van der Waals surface area contributed by atoms with Crippen LogP contribution in [0.15, 0.2) is 30.5 Å². The zero-order valence-corrected chi connectivity index (χ0v) is 25.5. The summed E-state index contributed by atoms with van der Waals surface area (Å²) in [6.07, 6.45) is 8.36. The monoisotopic (exact) mass is 595 g/mol. The molecule has 2 saturated heterocycles. The summed E-state index contributed by atoms with van der Waals surface area (Å²) >= 11 is 0. The van der Waals surface area contributed by atoms with E-state index in [0.717, 1.165) is 42.0 Å². The van der Waals surface area contributed by atoms with Crippen molar-refractivity contribution >= 4 is 40.8 Å². The summed E-state index contributed by atoms with van der Waals surface area (Å²) in [6.45, 7) is 4.29. The molecule has 11 nitrogen and oxygen atoms in total. The third kappa shape index (κ3) is 7.55. The quantitative estimate of drug-likeness (QED) is 0.269. The highest BCUT2D eigenvalue weighted by molar-refractivity contribution is 5.98. The number of carbonyl (C=O) groups is 5. The van der Waals surface area contributed by atoms with Crippen molar-refractivity contribution in [1.29, 1.82) is 0 Å². The van der Waals surface area contributed by atoms with Gasteiger partial charge in [0.1, 0.15) is 37.6 Å². The summed E-state index contributed by atoms with van der Waals surface area (Å²) in [5, 5.41) is 9.69. The number of para-hydroxylation sites is 1. The smallest absolute Gasteiger partial charge is 0.246 e. The van der Waals surface area contributed by atoms with E-state index in [1.807, 2.05) is 38.1 Å². The molecule has 5 atom stereocenters. The molecular formula is C32H45N5O6. The maximum absolute atomic E-state index is 14.0. The van der Waals surface area contributed by atoms with Crippen LogP contribution in [0.4, 0.5) is 0 Å². The van der Waals surface area contributed by atoms with Crippen molar-refractivity contribution in [2.24, 2.45) is 5.92 Å². The van der Waals surface area contributed by atoms with Gasteiger partial charge >= 0.3 is 0 Å². The van der Waals surface area contributed by atoms with Gasteiger partial charge in [-0.3, -0.25) is 19.2 Å². The molecule has 0 unspecified atom stereocenters. The minimum absolute atomic E-state index is 0.155. The summed E-state index contributed by atoms with van der Waals surface area (Å²) in [4.78, 5) is 73.2. The van der Waals surface area contributed by atoms with E-state index < -0.39 is 36.0 Å². The standard InChI is InChI=1S/C32H45N5O6/c1-4-21(2)28-32(42)36-17-11-10-16-27(36)31(41)33-24(14-7-5-6-12-18-38)29(39)34-25(30(40)35-28)19-22-20-37(43-3)26-15-9-8-13-23(22)26/h8-9,13,15,18,20-21,24-25,27-28H,4-7,10-12,14,16-17,19H2,1-3H3,(H,33,41)(H,34,39)(H,35,40)/t21-,24-,25-,27+,28-/m0/s1. The number of piperidine rings is 1. The molecule has 0 radical (unpaired) electrons. The normalized spacial score (nSPS) is 24.2. The Bertz CT molecular complexity index is 1310. The Morgan fingerprint density at radius 1 is 0.977 bits per heavy atom. The molecule has 11 heteroatoms. The molecule has 3 N–H and O–H groups in total. The Labute approximate surface area is 253 Å². The van der Waals surface area contributed by atoms with E-state index >= 15 is 0 Å². The first-order chi connectivity index (χ1) is 20.8. The van der Waals surface area contributed by atoms with Crippen LogP contribution in [0.25, 0.3) is 10.9 Å². The van der Waals surface area contributed by atoms with E-state index in [1.165, 1.54) is 0 Å². The van der Waals surface area contributed by atoms with Gasteiger partial charge in [0.05, 0.1) is 5.52 Å². The van der Waals surface area contributed by atoms with Crippen molar-refractivity contribution in [1.82, 2.24) is 25.6 Å². The first-order valence-corrected chi connectivity index (χ1v) is 15.6. The lowest BCUT2D eigenvalue weighted by Crippen LogP contribution is -2.64. The molecule has 4 amide bonds. The molecule has 0 bridgehead atoms. The summed E-state index contributed by atoms with van der Waals surface area (Å²) in [6, 6.07) is 4.20. The topological polar surface area (TPSA) is 139 Å². The number of hydrogen-bond acceptors (Lipinski definition) is 6. The average molecular weight is 596 g/mol. The number of nitrogens with zero attached hydrogens (tertiary/aromatic N) is 2. The molecular weight excluding hydrogens is 550 g/mol. The summed E-state index contributed by atoms with van der Waals surface area (Å²) < 4.78 is 1.62. The summed E-state index contributed by atoms with van der Waals surface area (Å²) in [7, 11) is 1.55. The van der Waals surface area contributed by atoms with Crippen LogP contribution in [0.2, 0.25) is 0 Å². The van der Waals surface area contributed by atoms with Crippen LogP contribution >= 0.6 is 0 Å². The summed E-state index contributed by atoms with van der Waals surface area (Å²) in [5.41, 5.74) is 1.62. The van der Waals surface area contributed by atoms with Crippen molar-refractivity contribution in [3.05, 3.63) is 36.0 Å². The van der Waals surface area contributed by atoms with Crippen molar-refractivity contribution < 1.29 is 28.8 Å². The lowest BCUT2D eigenvalue weighted by molar-refractivity contribution is -0.147. The van der Waals surface area contributed by atoms with Gasteiger partial charge in [0.15, 0.2) is 0 Å². The molecule has 3 heterocycles. The number of rotatable bonds is 11. The molecule has 0 spiro atoms. The Hall–Kier alpha value is -3.89. The lowest BCUT2D eigenvalue weighted by Gasteiger charge is -2.39. The van der Waals surface area contributed by atoms with Gasteiger partial charge in [-0.1, -0.05) is 51.3 Å². The number of aromatic nitrogens is 1. The maximum atomic E-state index is 14.0. The number of unbranched alkanes of at least 4 members (excludes halogenated alkanes) is 3. The molecule has 1 aromatic heterocycles. The second-order valence-corrected chi connectivity index (χ2v) is 11.7. The fourth-order valence-corrected chi connectivity index (χ4v) is 6.11. The van der Waals surface area contributed by atoms with Crippen LogP contribution in [0.5, 0.6) is 0 Å². The van der Waals surface area contributed by atoms with E-state index in [4.69, 9.17) is 4.84 Å². The molecule has 4 rings (SSSR count). The Balaban J connectivity index is 1.69. The van der Waals surface area contributed by atoms with Crippen LogP contribution in [-0.2, 0) is 30.4 Å². The van der Waals surface area contributed by atoms with Crippen molar-refractivity contribution in [2.45, 2.75) is 102 Å². The molecule has 0 saturated carbocycles. The van der Waals surface area contributed by atoms with Gasteiger partial charge in [-0.15, -0.1) is 0 Å². The largest absolute Gasteiger partial charge is 0.417 e. The zero-order chi connectivity index (χ0) is 30.9. The highest BCUT2D eigenvalue weighted by atomic mass is 16.6. The van der Waals surface area contributed by atoms with Crippen LogP contribution in [0, 0.1) is 5.92 Å². The van der Waals surface area contributed by atoms with E-state index in [2.05, 4.69) is 16.0 Å². The van der Waals surface area contributed by atoms with E-state index in [9.17, 15) is 24.0 Å². The van der Waals surface area contributed by atoms with E-state index in [-0.39, 0.29) is 24.2 Å². The molecule has 2 fully saturated rings. The van der Waals surface area contributed by atoms with Gasteiger partial charge in [-0.25, -0.2) is 0 Å². The highest BCUT2D eigenvalue weighted by Crippen LogP contribution is 2.24. The minimum atomic E-state index is -1.01. The van der Waals surface area contributed by atoms with Crippen molar-refractivity contribution in [3.63, 3.8) is 0 Å². The second-order valence-electron chi connectivity index (χ2n) is 11.7. The van der Waals surface area contributed by atoms with Crippen molar-refractivity contribution in [3.8, 4) is 0 Å². The second kappa shape index (κ2) is 15.0. The average Bonchev–Trinajstić information content (AvgIpc) is 3.38. The molecule has 2 aromatic rings. The first-order valence-electron chi connectivity index (χ1n) is 15.6. The Kier molecular flexibility index (Phi) is 11.2. The number of carbonyl (C=O) groups excluding carboxylic acids is 5. The number of amides is 4. The van der Waals surface area contributed by atoms with Gasteiger partial charge in [-0.05, 0) is 49.7 Å². The third-order valence-corrected chi connectivity index (χ3v) is 8.83. The van der Waals surface area contributed by atoms with E-state index in [0.29, 0.717) is 45.1 Å². The maximum Gasteiger partial charge on any atom is 0.246 e. The third-order valence-electron chi connectivity index (χ3n) is 8.83. The van der Waals surface area contributed by atoms with Gasteiger partial charge in [-0.2, -0.15) is 4.73 Å². The first kappa shape index (κ1) is 32.0. The van der Waals surface area contributed by atoms with E-state index in [1.54, 1.807) is 22.9 Å². The molecule has 2 aliphatic rings. The van der Waals surface area contributed by atoms with Gasteiger partial charge in [0, 0.05) is 31.0 Å². The molecule has 1 aromatic carbocycles. The molecule has 0 aliphatic carbocycles. The number of benzene rings is 1. The number of hydrogen-bond donors (Lipinski definition) is 3. The lowest BCUT2D eigenvalue weighted by atomic mass is 9.93. The predicted molar refractivity (Wildman–Crippen MR) is 162 cm³/mol. The van der Waals surface area contributed by atoms with Crippen molar-refractivity contribution in [2.75, 3.05) is 13.7 Å². The van der Waals surface area contributed by atoms with Gasteiger partial charge in [0.2, 0.25) is 23.6 Å². The van der Waals surface area contributed by atoms with Gasteiger partial charge in [0.25, 0.3) is 0 Å². The number of nitrogens with one attached hydrogen (secondary N) is 3. The Morgan fingerprint density at radius 2 is 1.72 bits per heavy atom. The van der Waals surface area contributed by atoms with Crippen LogP contribution < -0.4 is 20.8 Å². The number of aldehydes is 1. The zero-order valence-electron chi connectivity index (χ0n) is 25.5. The van der Waals surface area contributed by atoms with Gasteiger partial charge < -0.3 is 30.5 Å². The SMILES string of the molecule is CC[C@H](C)[C@@H]1NC(=O)[C@H](Cc2cn(OC)c3ccccc23)NC(=O)[C@H](CCCCCC=O)NC(=O)[C@H]2CCCCN2C1=O. The Morgan fingerprint density at radius 3 is 2.47 bits per heavy atom. The summed E-state index contributed by atoms with van der Waals surface area (Å²) in [5.74, 6) is -1.71. The van der Waals surface area contributed by atoms with Crippen LogP contribution in [0.1, 0.15) is 77.2 Å². The molecule has 2 aliphatic heterocycles.